The summed E-state index contributed by atoms with van der Waals surface area (Å²) in [5.41, 5.74) is -0.0909. The van der Waals surface area contributed by atoms with Gasteiger partial charge in [-0.25, -0.2) is 13.6 Å². The van der Waals surface area contributed by atoms with Crippen molar-refractivity contribution in [2.24, 2.45) is 0 Å². The van der Waals surface area contributed by atoms with E-state index in [2.05, 4.69) is 26.6 Å². The van der Waals surface area contributed by atoms with Crippen LogP contribution in [0.4, 0.5) is 19.3 Å². The van der Waals surface area contributed by atoms with E-state index >= 15 is 0 Å². The van der Waals surface area contributed by atoms with Gasteiger partial charge < -0.3 is 15.4 Å². The summed E-state index contributed by atoms with van der Waals surface area (Å²) in [5.74, 6) is -0.868. The summed E-state index contributed by atoms with van der Waals surface area (Å²) in [4.78, 5) is 11.6. The number of urea groups is 1. The molecule has 0 aliphatic rings. The normalized spacial score (nSPS) is 10.1. The van der Waals surface area contributed by atoms with E-state index in [0.717, 1.165) is 16.6 Å². The highest BCUT2D eigenvalue weighted by Crippen LogP contribution is 2.17. The van der Waals surface area contributed by atoms with Gasteiger partial charge in [-0.1, -0.05) is 22.0 Å². The molecule has 0 saturated heterocycles. The Balaban J connectivity index is 1.74. The molecule has 4 nitrogen and oxygen atoms in total. The number of halogens is 3. The minimum Gasteiger partial charge on any atom is -0.492 e. The fraction of sp³-hybridized carbons (Fsp3) is 0.133. The lowest BCUT2D eigenvalue weighted by Gasteiger charge is -2.09. The number of rotatable bonds is 5. The van der Waals surface area contributed by atoms with Crippen LogP contribution in [-0.2, 0) is 0 Å². The second-order valence-electron chi connectivity index (χ2n) is 4.31. The van der Waals surface area contributed by atoms with Crippen molar-refractivity contribution in [3.63, 3.8) is 0 Å². The Morgan fingerprint density at radius 1 is 1.18 bits per heavy atom. The quantitative estimate of drug-likeness (QED) is 0.783. The molecule has 0 radical (unpaired) electrons. The van der Waals surface area contributed by atoms with E-state index in [1.807, 2.05) is 12.1 Å². The number of carbonyl (C=O) groups excluding carboxylic acids is 1. The average Bonchev–Trinajstić information content (AvgIpc) is 2.47. The highest BCUT2D eigenvalue weighted by atomic mass is 79.9. The fourth-order valence-electron chi connectivity index (χ4n) is 1.65. The number of ether oxygens (including phenoxy) is 1. The SMILES string of the molecule is O=C(NCCOc1cccc(Br)c1)Nc1ccc(F)cc1F. The molecule has 2 N–H and O–H groups in total. The highest BCUT2D eigenvalue weighted by molar-refractivity contribution is 9.10. The molecule has 116 valence electrons. The van der Waals surface area contributed by atoms with Crippen LogP contribution < -0.4 is 15.4 Å². The van der Waals surface area contributed by atoms with Gasteiger partial charge in [-0.3, -0.25) is 0 Å². The Hall–Kier alpha value is -2.15. The summed E-state index contributed by atoms with van der Waals surface area (Å²) in [6.07, 6.45) is 0. The van der Waals surface area contributed by atoms with E-state index < -0.39 is 17.7 Å². The zero-order chi connectivity index (χ0) is 15.9. The van der Waals surface area contributed by atoms with Crippen molar-refractivity contribution in [2.75, 3.05) is 18.5 Å². The summed E-state index contributed by atoms with van der Waals surface area (Å²) >= 11 is 3.32. The van der Waals surface area contributed by atoms with Crippen LogP contribution in [0.2, 0.25) is 0 Å². The molecule has 0 fully saturated rings. The van der Waals surface area contributed by atoms with Gasteiger partial charge in [0, 0.05) is 10.5 Å². The summed E-state index contributed by atoms with van der Waals surface area (Å²) in [5, 5.41) is 4.80. The van der Waals surface area contributed by atoms with E-state index in [1.54, 1.807) is 12.1 Å². The Kier molecular flexibility index (Phi) is 5.71. The van der Waals surface area contributed by atoms with E-state index in [9.17, 15) is 13.6 Å². The molecule has 0 bridgehead atoms. The summed E-state index contributed by atoms with van der Waals surface area (Å²) in [6, 6.07) is 9.62. The third-order valence-corrected chi connectivity index (χ3v) is 3.13. The van der Waals surface area contributed by atoms with Crippen molar-refractivity contribution in [2.45, 2.75) is 0 Å². The first-order valence-electron chi connectivity index (χ1n) is 6.43. The molecule has 2 aromatic carbocycles. The molecule has 0 aliphatic heterocycles. The van der Waals surface area contributed by atoms with Gasteiger partial charge in [0.25, 0.3) is 0 Å². The molecule has 0 heterocycles. The highest BCUT2D eigenvalue weighted by Gasteiger charge is 2.07. The van der Waals surface area contributed by atoms with Crippen molar-refractivity contribution in [3.05, 3.63) is 58.6 Å². The molecule has 0 unspecified atom stereocenters. The van der Waals surface area contributed by atoms with Crippen LogP contribution in [0.5, 0.6) is 5.75 Å². The Labute approximate surface area is 134 Å². The first-order chi connectivity index (χ1) is 10.5. The number of anilines is 1. The monoisotopic (exact) mass is 370 g/mol. The Morgan fingerprint density at radius 3 is 2.73 bits per heavy atom. The minimum atomic E-state index is -0.833. The number of carbonyl (C=O) groups is 1. The van der Waals surface area contributed by atoms with Gasteiger partial charge in [0.2, 0.25) is 0 Å². The lowest BCUT2D eigenvalue weighted by Crippen LogP contribution is -2.32. The molecule has 0 aliphatic carbocycles. The molecule has 0 atom stereocenters. The van der Waals surface area contributed by atoms with Gasteiger partial charge in [0.05, 0.1) is 12.2 Å². The van der Waals surface area contributed by atoms with Gasteiger partial charge in [-0.2, -0.15) is 0 Å². The van der Waals surface area contributed by atoms with Gasteiger partial charge in [-0.15, -0.1) is 0 Å². The van der Waals surface area contributed by atoms with Gasteiger partial charge >= 0.3 is 6.03 Å². The number of hydrogen-bond donors (Lipinski definition) is 2. The Morgan fingerprint density at radius 2 is 2.00 bits per heavy atom. The predicted octanol–water partition coefficient (Wildman–Crippen LogP) is 3.93. The minimum absolute atomic E-state index is 0.0909. The van der Waals surface area contributed by atoms with Crippen molar-refractivity contribution < 1.29 is 18.3 Å². The van der Waals surface area contributed by atoms with E-state index in [4.69, 9.17) is 4.74 Å². The smallest absolute Gasteiger partial charge is 0.319 e. The van der Waals surface area contributed by atoms with Crippen molar-refractivity contribution >= 4 is 27.6 Å². The van der Waals surface area contributed by atoms with Crippen LogP contribution in [0.25, 0.3) is 0 Å². The van der Waals surface area contributed by atoms with Crippen molar-refractivity contribution in [1.82, 2.24) is 5.32 Å². The van der Waals surface area contributed by atoms with Gasteiger partial charge in [0.1, 0.15) is 24.0 Å². The maximum Gasteiger partial charge on any atom is 0.319 e. The van der Waals surface area contributed by atoms with Crippen LogP contribution in [0, 0.1) is 11.6 Å². The largest absolute Gasteiger partial charge is 0.492 e. The third kappa shape index (κ3) is 5.00. The topological polar surface area (TPSA) is 50.4 Å². The molecule has 0 aromatic heterocycles. The summed E-state index contributed by atoms with van der Waals surface area (Å²) < 4.78 is 32.4. The van der Waals surface area contributed by atoms with Gasteiger partial charge in [-0.05, 0) is 30.3 Å². The average molecular weight is 371 g/mol. The van der Waals surface area contributed by atoms with E-state index in [0.29, 0.717) is 11.8 Å². The number of nitrogens with one attached hydrogen (secondary N) is 2. The van der Waals surface area contributed by atoms with Crippen LogP contribution in [0.15, 0.2) is 46.9 Å². The predicted molar refractivity (Wildman–Crippen MR) is 83.0 cm³/mol. The Bertz CT molecular complexity index is 668. The maximum absolute atomic E-state index is 13.3. The van der Waals surface area contributed by atoms with Crippen molar-refractivity contribution in [1.29, 1.82) is 0 Å². The zero-order valence-electron chi connectivity index (χ0n) is 11.4. The first kappa shape index (κ1) is 16.2. The number of benzene rings is 2. The standard InChI is InChI=1S/C15H13BrF2N2O2/c16-10-2-1-3-12(8-10)22-7-6-19-15(21)20-14-5-4-11(17)9-13(14)18/h1-5,8-9H,6-7H2,(H2,19,20,21). The summed E-state index contributed by atoms with van der Waals surface area (Å²) in [6.45, 7) is 0.497. The second-order valence-corrected chi connectivity index (χ2v) is 5.23. The molecular formula is C15H13BrF2N2O2. The fourth-order valence-corrected chi connectivity index (χ4v) is 2.03. The maximum atomic E-state index is 13.3. The number of amides is 2. The molecule has 0 spiro atoms. The first-order valence-corrected chi connectivity index (χ1v) is 7.22. The molecule has 0 saturated carbocycles. The lowest BCUT2D eigenvalue weighted by molar-refractivity contribution is 0.247. The third-order valence-electron chi connectivity index (χ3n) is 2.63. The lowest BCUT2D eigenvalue weighted by atomic mass is 10.3. The van der Waals surface area contributed by atoms with Gasteiger partial charge in [0.15, 0.2) is 0 Å². The molecule has 2 rings (SSSR count). The van der Waals surface area contributed by atoms with E-state index in [-0.39, 0.29) is 18.8 Å². The second kappa shape index (κ2) is 7.74. The van der Waals surface area contributed by atoms with Crippen LogP contribution in [0.3, 0.4) is 0 Å². The molecule has 2 amide bonds. The molecular weight excluding hydrogens is 358 g/mol. The van der Waals surface area contributed by atoms with Crippen LogP contribution >= 0.6 is 15.9 Å². The number of hydrogen-bond acceptors (Lipinski definition) is 2. The molecule has 7 heteroatoms. The van der Waals surface area contributed by atoms with Crippen molar-refractivity contribution in [3.8, 4) is 5.75 Å². The molecule has 2 aromatic rings. The molecule has 22 heavy (non-hydrogen) atoms. The summed E-state index contributed by atoms with van der Waals surface area (Å²) in [7, 11) is 0. The zero-order valence-corrected chi connectivity index (χ0v) is 13.0. The van der Waals surface area contributed by atoms with Crippen LogP contribution in [-0.4, -0.2) is 19.2 Å². The van der Waals surface area contributed by atoms with E-state index in [1.165, 1.54) is 0 Å². The van der Waals surface area contributed by atoms with Crippen LogP contribution in [0.1, 0.15) is 0 Å².